The Labute approximate surface area is 105 Å². The van der Waals surface area contributed by atoms with Crippen LogP contribution in [0.3, 0.4) is 0 Å². The number of carboxylic acid groups (broad SMARTS) is 1. The number of aromatic nitrogens is 1. The van der Waals surface area contributed by atoms with E-state index in [1.54, 1.807) is 0 Å². The molecule has 2 rings (SSSR count). The van der Waals surface area contributed by atoms with Crippen LogP contribution in [0.4, 0.5) is 10.8 Å². The summed E-state index contributed by atoms with van der Waals surface area (Å²) in [5, 5.41) is 19.6. The molecule has 8 heteroatoms. The number of nitro groups is 1. The molecule has 0 fully saturated rings. The standard InChI is InChI=1S/C10H7N3O4S/c11-10-12-7(8(18-10)9(14)15)5-1-3-6(4-2-5)13(16)17/h1-4H,(H2,11,12)(H,14,15). The van der Waals surface area contributed by atoms with E-state index >= 15 is 0 Å². The summed E-state index contributed by atoms with van der Waals surface area (Å²) in [5.74, 6) is -1.13. The van der Waals surface area contributed by atoms with Crippen molar-refractivity contribution in [2.24, 2.45) is 0 Å². The Hall–Kier alpha value is -2.48. The summed E-state index contributed by atoms with van der Waals surface area (Å²) in [5.41, 5.74) is 6.10. The molecule has 0 saturated heterocycles. The second kappa shape index (κ2) is 4.41. The second-order valence-corrected chi connectivity index (χ2v) is 4.37. The topological polar surface area (TPSA) is 119 Å². The van der Waals surface area contributed by atoms with Gasteiger partial charge < -0.3 is 10.8 Å². The highest BCUT2D eigenvalue weighted by Gasteiger charge is 2.18. The second-order valence-electron chi connectivity index (χ2n) is 3.34. The van der Waals surface area contributed by atoms with Crippen molar-refractivity contribution in [3.8, 4) is 11.3 Å². The zero-order chi connectivity index (χ0) is 13.3. The van der Waals surface area contributed by atoms with Gasteiger partial charge in [0.25, 0.3) is 5.69 Å². The van der Waals surface area contributed by atoms with Gasteiger partial charge in [-0.15, -0.1) is 0 Å². The molecule has 1 aromatic heterocycles. The Morgan fingerprint density at radius 3 is 2.50 bits per heavy atom. The molecule has 1 heterocycles. The summed E-state index contributed by atoms with van der Waals surface area (Å²) in [6.45, 7) is 0. The van der Waals surface area contributed by atoms with E-state index in [4.69, 9.17) is 10.8 Å². The molecule has 0 aliphatic rings. The van der Waals surface area contributed by atoms with Crippen LogP contribution in [0, 0.1) is 10.1 Å². The fourth-order valence-corrected chi connectivity index (χ4v) is 2.11. The number of nitrogen functional groups attached to an aromatic ring is 1. The average Bonchev–Trinajstić information content (AvgIpc) is 2.71. The van der Waals surface area contributed by atoms with E-state index in [2.05, 4.69) is 4.98 Å². The molecule has 0 amide bonds. The van der Waals surface area contributed by atoms with Gasteiger partial charge in [-0.05, 0) is 12.1 Å². The fraction of sp³-hybridized carbons (Fsp3) is 0. The van der Waals surface area contributed by atoms with E-state index in [0.29, 0.717) is 5.56 Å². The molecule has 3 N–H and O–H groups in total. The van der Waals surface area contributed by atoms with E-state index in [1.807, 2.05) is 0 Å². The number of aromatic carboxylic acids is 1. The molecule has 7 nitrogen and oxygen atoms in total. The largest absolute Gasteiger partial charge is 0.477 e. The van der Waals surface area contributed by atoms with Gasteiger partial charge in [0.1, 0.15) is 4.88 Å². The van der Waals surface area contributed by atoms with Crippen LogP contribution in [-0.4, -0.2) is 21.0 Å². The van der Waals surface area contributed by atoms with Crippen LogP contribution >= 0.6 is 11.3 Å². The Kier molecular flexibility index (Phi) is 2.94. The monoisotopic (exact) mass is 265 g/mol. The minimum atomic E-state index is -1.13. The van der Waals surface area contributed by atoms with Crippen LogP contribution in [0.5, 0.6) is 0 Å². The first-order chi connectivity index (χ1) is 8.49. The number of nitrogens with zero attached hydrogens (tertiary/aromatic N) is 2. The summed E-state index contributed by atoms with van der Waals surface area (Å²) < 4.78 is 0. The van der Waals surface area contributed by atoms with Gasteiger partial charge in [-0.1, -0.05) is 11.3 Å². The summed E-state index contributed by atoms with van der Waals surface area (Å²) >= 11 is 0.861. The van der Waals surface area contributed by atoms with Crippen LogP contribution in [0.15, 0.2) is 24.3 Å². The number of hydrogen-bond donors (Lipinski definition) is 2. The van der Waals surface area contributed by atoms with Crippen molar-refractivity contribution in [1.82, 2.24) is 4.98 Å². The number of hydrogen-bond acceptors (Lipinski definition) is 6. The quantitative estimate of drug-likeness (QED) is 0.647. The highest BCUT2D eigenvalue weighted by Crippen LogP contribution is 2.30. The minimum absolute atomic E-state index is 0.0151. The molecule has 92 valence electrons. The SMILES string of the molecule is Nc1nc(-c2ccc([N+](=O)[O-])cc2)c(C(=O)O)s1. The van der Waals surface area contributed by atoms with Crippen molar-refractivity contribution in [1.29, 1.82) is 0 Å². The summed E-state index contributed by atoms with van der Waals surface area (Å²) in [4.78, 5) is 24.9. The first kappa shape index (κ1) is 12.0. The number of thiazole rings is 1. The summed E-state index contributed by atoms with van der Waals surface area (Å²) in [6.07, 6.45) is 0. The number of carboxylic acids is 1. The predicted octanol–water partition coefficient (Wildman–Crippen LogP) is 2.00. The lowest BCUT2D eigenvalue weighted by atomic mass is 10.1. The van der Waals surface area contributed by atoms with E-state index in [0.717, 1.165) is 11.3 Å². The number of anilines is 1. The highest BCUT2D eigenvalue weighted by molar-refractivity contribution is 7.17. The molecule has 0 radical (unpaired) electrons. The Morgan fingerprint density at radius 2 is 2.00 bits per heavy atom. The molecule has 0 aliphatic carbocycles. The van der Waals surface area contributed by atoms with Gasteiger partial charge in [-0.3, -0.25) is 10.1 Å². The van der Waals surface area contributed by atoms with Crippen molar-refractivity contribution in [3.63, 3.8) is 0 Å². The molecule has 0 bridgehead atoms. The van der Waals surface area contributed by atoms with Gasteiger partial charge in [0, 0.05) is 17.7 Å². The number of rotatable bonds is 3. The van der Waals surface area contributed by atoms with E-state index < -0.39 is 10.9 Å². The average molecular weight is 265 g/mol. The third-order valence-electron chi connectivity index (χ3n) is 2.19. The highest BCUT2D eigenvalue weighted by atomic mass is 32.1. The normalized spacial score (nSPS) is 10.2. The van der Waals surface area contributed by atoms with E-state index in [1.165, 1.54) is 24.3 Å². The first-order valence-corrected chi connectivity index (χ1v) is 5.55. The Morgan fingerprint density at radius 1 is 1.39 bits per heavy atom. The molecule has 0 atom stereocenters. The van der Waals surface area contributed by atoms with E-state index in [9.17, 15) is 14.9 Å². The zero-order valence-corrected chi connectivity index (χ0v) is 9.68. The van der Waals surface area contributed by atoms with Crippen LogP contribution in [0.25, 0.3) is 11.3 Å². The van der Waals surface area contributed by atoms with E-state index in [-0.39, 0.29) is 21.4 Å². The van der Waals surface area contributed by atoms with Crippen LogP contribution in [0.2, 0.25) is 0 Å². The van der Waals surface area contributed by atoms with Gasteiger partial charge in [0.2, 0.25) is 0 Å². The third-order valence-corrected chi connectivity index (χ3v) is 3.06. The molecule has 18 heavy (non-hydrogen) atoms. The zero-order valence-electron chi connectivity index (χ0n) is 8.86. The molecule has 0 unspecified atom stereocenters. The van der Waals surface area contributed by atoms with Crippen molar-refractivity contribution < 1.29 is 14.8 Å². The number of carbonyl (C=O) groups is 1. The Balaban J connectivity index is 2.48. The number of nitrogens with two attached hydrogens (primary N) is 1. The molecule has 1 aromatic carbocycles. The van der Waals surface area contributed by atoms with Crippen LogP contribution in [0.1, 0.15) is 9.67 Å². The van der Waals surface area contributed by atoms with Crippen LogP contribution in [-0.2, 0) is 0 Å². The third kappa shape index (κ3) is 2.13. The van der Waals surface area contributed by atoms with Crippen molar-refractivity contribution >= 4 is 28.1 Å². The van der Waals surface area contributed by atoms with Gasteiger partial charge >= 0.3 is 5.97 Å². The van der Waals surface area contributed by atoms with Crippen LogP contribution < -0.4 is 5.73 Å². The lowest BCUT2D eigenvalue weighted by Crippen LogP contribution is -1.95. The predicted molar refractivity (Wildman–Crippen MR) is 65.6 cm³/mol. The number of benzene rings is 1. The maximum Gasteiger partial charge on any atom is 0.348 e. The molecular formula is C10H7N3O4S. The Bertz CT molecular complexity index is 621. The van der Waals surface area contributed by atoms with Gasteiger partial charge in [0.15, 0.2) is 5.13 Å². The van der Waals surface area contributed by atoms with Crippen molar-refractivity contribution in [3.05, 3.63) is 39.3 Å². The fourth-order valence-electron chi connectivity index (χ4n) is 1.42. The minimum Gasteiger partial charge on any atom is -0.477 e. The lowest BCUT2D eigenvalue weighted by Gasteiger charge is -1.98. The van der Waals surface area contributed by atoms with Crippen molar-refractivity contribution in [2.75, 3.05) is 5.73 Å². The molecule has 2 aromatic rings. The van der Waals surface area contributed by atoms with Gasteiger partial charge in [-0.25, -0.2) is 9.78 Å². The number of non-ortho nitro benzene ring substituents is 1. The maximum atomic E-state index is 11.0. The maximum absolute atomic E-state index is 11.0. The van der Waals surface area contributed by atoms with Crippen molar-refractivity contribution in [2.45, 2.75) is 0 Å². The summed E-state index contributed by atoms with van der Waals surface area (Å²) in [7, 11) is 0. The number of nitro benzene ring substituents is 1. The molecule has 0 saturated carbocycles. The summed E-state index contributed by atoms with van der Waals surface area (Å²) in [6, 6.07) is 5.46. The van der Waals surface area contributed by atoms with Gasteiger partial charge in [-0.2, -0.15) is 0 Å². The smallest absolute Gasteiger partial charge is 0.348 e. The molecule has 0 aliphatic heterocycles. The van der Waals surface area contributed by atoms with Gasteiger partial charge in [0.05, 0.1) is 10.6 Å². The molecule has 0 spiro atoms. The molecular weight excluding hydrogens is 258 g/mol. The first-order valence-electron chi connectivity index (χ1n) is 4.73. The lowest BCUT2D eigenvalue weighted by molar-refractivity contribution is -0.384.